The molecule has 0 N–H and O–H groups in total. The molecule has 2 aromatic carbocycles. The number of anilines is 1. The van der Waals surface area contributed by atoms with Crippen molar-refractivity contribution >= 4 is 38.7 Å². The van der Waals surface area contributed by atoms with Crippen molar-refractivity contribution < 1.29 is 14.3 Å². The maximum Gasteiger partial charge on any atom is 0.246 e. The summed E-state index contributed by atoms with van der Waals surface area (Å²) in [6.45, 7) is 6.28. The summed E-state index contributed by atoms with van der Waals surface area (Å²) in [4.78, 5) is 21.6. The number of benzene rings is 2. The van der Waals surface area contributed by atoms with E-state index in [-0.39, 0.29) is 5.91 Å². The predicted octanol–water partition coefficient (Wildman–Crippen LogP) is 3.99. The zero-order valence-corrected chi connectivity index (χ0v) is 18.4. The number of amides is 1. The fourth-order valence-electron chi connectivity index (χ4n) is 3.87. The molecule has 5 rings (SSSR count). The van der Waals surface area contributed by atoms with Crippen LogP contribution in [0.4, 0.5) is 5.13 Å². The van der Waals surface area contributed by atoms with Crippen molar-refractivity contribution in [2.45, 2.75) is 13.3 Å². The second kappa shape index (κ2) is 8.59. The molecule has 1 saturated heterocycles. The van der Waals surface area contributed by atoms with Crippen LogP contribution in [0.15, 0.2) is 42.5 Å². The van der Waals surface area contributed by atoms with E-state index in [9.17, 15) is 4.79 Å². The van der Waals surface area contributed by atoms with Crippen molar-refractivity contribution in [2.75, 3.05) is 44.3 Å². The normalized spacial score (nSPS) is 16.3. The monoisotopic (exact) mass is 435 g/mol. The number of nitrogens with zero attached hydrogens (tertiary/aromatic N) is 3. The van der Waals surface area contributed by atoms with Gasteiger partial charge in [-0.2, -0.15) is 0 Å². The number of hydrogen-bond acceptors (Lipinski definition) is 6. The maximum atomic E-state index is 12.7. The number of ether oxygens (including phenoxy) is 2. The smallest absolute Gasteiger partial charge is 0.246 e. The lowest BCUT2D eigenvalue weighted by Crippen LogP contribution is -2.48. The third kappa shape index (κ3) is 4.23. The van der Waals surface area contributed by atoms with E-state index in [4.69, 9.17) is 14.5 Å². The van der Waals surface area contributed by atoms with Gasteiger partial charge in [-0.3, -0.25) is 4.79 Å². The van der Waals surface area contributed by atoms with Crippen LogP contribution in [0.1, 0.15) is 18.1 Å². The minimum Gasteiger partial charge on any atom is -0.486 e. The number of rotatable bonds is 4. The van der Waals surface area contributed by atoms with Crippen LogP contribution in [-0.4, -0.2) is 55.2 Å². The quantitative estimate of drug-likeness (QED) is 0.580. The van der Waals surface area contributed by atoms with Gasteiger partial charge in [-0.05, 0) is 47.9 Å². The molecule has 31 heavy (non-hydrogen) atoms. The first-order valence-electron chi connectivity index (χ1n) is 10.7. The number of carbonyl (C=O) groups excluding carboxylic acids is 1. The van der Waals surface area contributed by atoms with Crippen LogP contribution in [0.25, 0.3) is 16.3 Å². The lowest BCUT2D eigenvalue weighted by atomic mass is 10.1. The lowest BCUT2D eigenvalue weighted by molar-refractivity contribution is -0.126. The Kier molecular flexibility index (Phi) is 5.51. The van der Waals surface area contributed by atoms with Gasteiger partial charge in [-0.15, -0.1) is 0 Å². The largest absolute Gasteiger partial charge is 0.486 e. The first kappa shape index (κ1) is 19.9. The van der Waals surface area contributed by atoms with Crippen LogP contribution in [0, 0.1) is 0 Å². The van der Waals surface area contributed by atoms with Gasteiger partial charge in [0.05, 0.1) is 10.2 Å². The van der Waals surface area contributed by atoms with Gasteiger partial charge in [-0.1, -0.05) is 30.4 Å². The topological polar surface area (TPSA) is 54.9 Å². The van der Waals surface area contributed by atoms with Crippen molar-refractivity contribution in [3.8, 4) is 11.5 Å². The number of piperazine rings is 1. The molecule has 6 nitrogen and oxygen atoms in total. The predicted molar refractivity (Wildman–Crippen MR) is 124 cm³/mol. The van der Waals surface area contributed by atoms with Crippen molar-refractivity contribution in [2.24, 2.45) is 0 Å². The molecule has 3 heterocycles. The van der Waals surface area contributed by atoms with E-state index in [0.29, 0.717) is 26.3 Å². The Morgan fingerprint density at radius 2 is 1.87 bits per heavy atom. The summed E-state index contributed by atoms with van der Waals surface area (Å²) in [6.07, 6.45) is 4.51. The molecule has 0 unspecified atom stereocenters. The van der Waals surface area contributed by atoms with E-state index in [1.165, 1.54) is 10.3 Å². The van der Waals surface area contributed by atoms with E-state index >= 15 is 0 Å². The Hall–Kier alpha value is -3.06. The molecular formula is C24H25N3O3S. The number of carbonyl (C=O) groups is 1. The standard InChI is InChI=1S/C24H25N3O3S/c1-2-17-3-6-19-22(16-17)31-24(25-19)27-11-9-26(10-12-27)23(28)8-5-18-4-7-20-21(15-18)30-14-13-29-20/h3-8,15-16H,2,9-14H2,1H3/b8-5-. The molecule has 0 radical (unpaired) electrons. The Bertz CT molecular complexity index is 1130. The summed E-state index contributed by atoms with van der Waals surface area (Å²) in [6, 6.07) is 12.2. The van der Waals surface area contributed by atoms with Gasteiger partial charge in [0.15, 0.2) is 16.6 Å². The zero-order chi connectivity index (χ0) is 21.2. The van der Waals surface area contributed by atoms with E-state index in [1.807, 2.05) is 29.2 Å². The SMILES string of the molecule is CCc1ccc2nc(N3CCN(C(=O)/C=C\c4ccc5c(c4)OCCO5)CC3)sc2c1. The summed E-state index contributed by atoms with van der Waals surface area (Å²) < 4.78 is 12.4. The fraction of sp³-hybridized carbons (Fsp3) is 0.333. The van der Waals surface area contributed by atoms with Crippen molar-refractivity contribution in [1.29, 1.82) is 0 Å². The van der Waals surface area contributed by atoms with Crippen molar-refractivity contribution in [3.63, 3.8) is 0 Å². The van der Waals surface area contributed by atoms with Crippen LogP contribution in [0.5, 0.6) is 11.5 Å². The van der Waals surface area contributed by atoms with Gasteiger partial charge in [0.2, 0.25) is 5.91 Å². The molecule has 0 spiro atoms. The van der Waals surface area contributed by atoms with Crippen LogP contribution >= 0.6 is 11.3 Å². The maximum absolute atomic E-state index is 12.7. The second-order valence-electron chi connectivity index (χ2n) is 7.70. The first-order chi connectivity index (χ1) is 15.2. The number of hydrogen-bond donors (Lipinski definition) is 0. The molecule has 1 fully saturated rings. The molecule has 0 atom stereocenters. The molecule has 3 aromatic rings. The average molecular weight is 436 g/mol. The first-order valence-corrected chi connectivity index (χ1v) is 11.5. The highest BCUT2D eigenvalue weighted by Crippen LogP contribution is 2.32. The van der Waals surface area contributed by atoms with E-state index in [1.54, 1.807) is 17.4 Å². The summed E-state index contributed by atoms with van der Waals surface area (Å²) in [5.74, 6) is 1.52. The molecule has 2 aliphatic heterocycles. The van der Waals surface area contributed by atoms with Crippen molar-refractivity contribution in [3.05, 3.63) is 53.6 Å². The van der Waals surface area contributed by atoms with E-state index in [2.05, 4.69) is 30.0 Å². The molecule has 1 amide bonds. The number of thiazole rings is 1. The van der Waals surface area contributed by atoms with Gasteiger partial charge in [0.1, 0.15) is 13.2 Å². The van der Waals surface area contributed by atoms with Gasteiger partial charge < -0.3 is 19.3 Å². The highest BCUT2D eigenvalue weighted by molar-refractivity contribution is 7.22. The van der Waals surface area contributed by atoms with Crippen LogP contribution < -0.4 is 14.4 Å². The minimum absolute atomic E-state index is 0.0337. The van der Waals surface area contributed by atoms with E-state index < -0.39 is 0 Å². The molecule has 2 aliphatic rings. The van der Waals surface area contributed by atoms with Gasteiger partial charge in [0.25, 0.3) is 0 Å². The lowest BCUT2D eigenvalue weighted by Gasteiger charge is -2.34. The summed E-state index contributed by atoms with van der Waals surface area (Å²) in [5.41, 5.74) is 3.32. The average Bonchev–Trinajstić information content (AvgIpc) is 3.26. The second-order valence-corrected chi connectivity index (χ2v) is 8.71. The van der Waals surface area contributed by atoms with Gasteiger partial charge in [-0.25, -0.2) is 4.98 Å². The molecule has 0 aliphatic carbocycles. The summed E-state index contributed by atoms with van der Waals surface area (Å²) in [7, 11) is 0. The summed E-state index contributed by atoms with van der Waals surface area (Å²) in [5, 5.41) is 1.04. The molecule has 7 heteroatoms. The number of aryl methyl sites for hydroxylation is 1. The number of fused-ring (bicyclic) bond motifs is 2. The van der Waals surface area contributed by atoms with Gasteiger partial charge >= 0.3 is 0 Å². The molecule has 160 valence electrons. The van der Waals surface area contributed by atoms with Crippen molar-refractivity contribution in [1.82, 2.24) is 9.88 Å². The third-order valence-electron chi connectivity index (χ3n) is 5.70. The third-order valence-corrected chi connectivity index (χ3v) is 6.78. The molecular weight excluding hydrogens is 410 g/mol. The highest BCUT2D eigenvalue weighted by Gasteiger charge is 2.22. The van der Waals surface area contributed by atoms with Crippen LogP contribution in [0.2, 0.25) is 0 Å². The Morgan fingerprint density at radius 1 is 1.06 bits per heavy atom. The highest BCUT2D eigenvalue weighted by atomic mass is 32.1. The Labute approximate surface area is 185 Å². The summed E-state index contributed by atoms with van der Waals surface area (Å²) >= 11 is 1.74. The van der Waals surface area contributed by atoms with Gasteiger partial charge in [0, 0.05) is 32.3 Å². The van der Waals surface area contributed by atoms with Crippen LogP contribution in [-0.2, 0) is 11.2 Å². The molecule has 0 bridgehead atoms. The Balaban J connectivity index is 1.20. The Morgan fingerprint density at radius 3 is 2.68 bits per heavy atom. The minimum atomic E-state index is 0.0337. The molecule has 1 aromatic heterocycles. The number of aromatic nitrogens is 1. The fourth-order valence-corrected chi connectivity index (χ4v) is 4.95. The zero-order valence-electron chi connectivity index (χ0n) is 17.5. The van der Waals surface area contributed by atoms with E-state index in [0.717, 1.165) is 47.2 Å². The van der Waals surface area contributed by atoms with Crippen LogP contribution in [0.3, 0.4) is 0 Å². The molecule has 0 saturated carbocycles.